The van der Waals surface area contributed by atoms with Crippen LogP contribution in [-0.4, -0.2) is 20.5 Å². The lowest BCUT2D eigenvalue weighted by atomic mass is 10.2. The molecule has 0 aliphatic heterocycles. The van der Waals surface area contributed by atoms with Gasteiger partial charge in [0.25, 0.3) is 5.56 Å². The predicted octanol–water partition coefficient (Wildman–Crippen LogP) is 3.96. The molecule has 6 nitrogen and oxygen atoms in total. The lowest BCUT2D eigenvalue weighted by Gasteiger charge is -2.13. The highest BCUT2D eigenvalue weighted by Crippen LogP contribution is 2.27. The highest BCUT2D eigenvalue weighted by molar-refractivity contribution is 7.18. The van der Waals surface area contributed by atoms with E-state index in [0.717, 1.165) is 28.4 Å². The number of carbonyl (C=O) groups is 1. The first-order valence-electron chi connectivity index (χ1n) is 8.62. The van der Waals surface area contributed by atoms with Crippen molar-refractivity contribution in [2.24, 2.45) is 0 Å². The highest BCUT2D eigenvalue weighted by atomic mass is 32.1. The number of nitrogens with zero attached hydrogens (tertiary/aromatic N) is 2. The second-order valence-electron chi connectivity index (χ2n) is 6.49. The fourth-order valence-corrected chi connectivity index (χ4v) is 4.28. The summed E-state index contributed by atoms with van der Waals surface area (Å²) in [6.45, 7) is 12.3. The fraction of sp³-hybridized carbons (Fsp3) is 0.421. The molecular weight excluding hydrogens is 350 g/mol. The maximum absolute atomic E-state index is 12.6. The van der Waals surface area contributed by atoms with Crippen LogP contribution < -0.4 is 5.56 Å². The number of rotatable bonds is 4. The van der Waals surface area contributed by atoms with Crippen LogP contribution in [0.5, 0.6) is 0 Å². The second-order valence-corrected chi connectivity index (χ2v) is 7.69. The molecule has 0 aromatic carbocycles. The van der Waals surface area contributed by atoms with E-state index in [1.165, 1.54) is 11.3 Å². The summed E-state index contributed by atoms with van der Waals surface area (Å²) in [5.74, 6) is -0.0482. The summed E-state index contributed by atoms with van der Waals surface area (Å²) in [4.78, 5) is 34.0. The van der Waals surface area contributed by atoms with Crippen molar-refractivity contribution in [1.82, 2.24) is 14.5 Å². The van der Waals surface area contributed by atoms with Gasteiger partial charge in [-0.2, -0.15) is 0 Å². The van der Waals surface area contributed by atoms with Crippen molar-refractivity contribution in [3.05, 3.63) is 49.6 Å². The molecule has 0 unspecified atom stereocenters. The zero-order valence-electron chi connectivity index (χ0n) is 15.9. The quantitative estimate of drug-likeness (QED) is 0.702. The number of aromatic amines is 1. The van der Waals surface area contributed by atoms with E-state index in [9.17, 15) is 9.59 Å². The number of aryl methyl sites for hydroxylation is 3. The summed E-state index contributed by atoms with van der Waals surface area (Å²) in [6, 6.07) is 1.83. The van der Waals surface area contributed by atoms with Crippen LogP contribution in [0.1, 0.15) is 58.0 Å². The van der Waals surface area contributed by atoms with Crippen molar-refractivity contribution in [1.29, 1.82) is 0 Å². The van der Waals surface area contributed by atoms with E-state index in [1.807, 2.05) is 40.7 Å². The zero-order valence-corrected chi connectivity index (χ0v) is 16.7. The van der Waals surface area contributed by atoms with E-state index in [4.69, 9.17) is 4.74 Å². The molecule has 7 heteroatoms. The van der Waals surface area contributed by atoms with Crippen LogP contribution in [0.2, 0.25) is 0 Å². The van der Waals surface area contributed by atoms with Crippen molar-refractivity contribution in [3.8, 4) is 0 Å². The van der Waals surface area contributed by atoms with Crippen LogP contribution in [0.4, 0.5) is 0 Å². The molecule has 3 heterocycles. The van der Waals surface area contributed by atoms with Gasteiger partial charge in [-0.1, -0.05) is 0 Å². The average Bonchev–Trinajstić information content (AvgIpc) is 3.03. The number of hydrogen-bond donors (Lipinski definition) is 1. The molecule has 0 radical (unpaired) electrons. The second kappa shape index (κ2) is 6.72. The Morgan fingerprint density at radius 2 is 2.04 bits per heavy atom. The Morgan fingerprint density at radius 3 is 2.65 bits per heavy atom. The number of esters is 1. The molecule has 0 amide bonds. The Labute approximate surface area is 155 Å². The van der Waals surface area contributed by atoms with Gasteiger partial charge in [-0.15, -0.1) is 11.3 Å². The molecule has 3 rings (SSSR count). The monoisotopic (exact) mass is 373 g/mol. The van der Waals surface area contributed by atoms with E-state index in [-0.39, 0.29) is 5.56 Å². The lowest BCUT2D eigenvalue weighted by Crippen LogP contribution is -2.17. The fourth-order valence-electron chi connectivity index (χ4n) is 3.24. The first kappa shape index (κ1) is 18.4. The van der Waals surface area contributed by atoms with E-state index in [1.54, 1.807) is 6.92 Å². The normalized spacial score (nSPS) is 12.5. The molecular formula is C19H23N3O3S. The molecule has 0 bridgehead atoms. The van der Waals surface area contributed by atoms with Crippen LogP contribution in [0, 0.1) is 27.7 Å². The number of H-pyrrole nitrogens is 1. The summed E-state index contributed by atoms with van der Waals surface area (Å²) in [7, 11) is 0. The summed E-state index contributed by atoms with van der Waals surface area (Å²) in [6.07, 6.45) is -0.646. The first-order chi connectivity index (χ1) is 12.2. The third kappa shape index (κ3) is 2.96. The predicted molar refractivity (Wildman–Crippen MR) is 103 cm³/mol. The standard InChI is InChI=1S/C19H23N3O3S/c1-7-22-9(2)8-14(11(22)4)19(24)25-12(5)16-20-17(23)15-10(3)13(6)26-18(15)21-16/h8,12H,7H2,1-6H3,(H,20,21,23)/t12-/m1/s1. The average molecular weight is 373 g/mol. The largest absolute Gasteiger partial charge is 0.451 e. The van der Waals surface area contributed by atoms with Crippen LogP contribution in [0.3, 0.4) is 0 Å². The minimum Gasteiger partial charge on any atom is -0.451 e. The van der Waals surface area contributed by atoms with Gasteiger partial charge in [0.15, 0.2) is 11.9 Å². The van der Waals surface area contributed by atoms with Gasteiger partial charge in [-0.3, -0.25) is 4.79 Å². The van der Waals surface area contributed by atoms with Crippen LogP contribution >= 0.6 is 11.3 Å². The molecule has 0 spiro atoms. The third-order valence-corrected chi connectivity index (χ3v) is 5.94. The van der Waals surface area contributed by atoms with Crippen molar-refractivity contribution < 1.29 is 9.53 Å². The van der Waals surface area contributed by atoms with E-state index >= 15 is 0 Å². The first-order valence-corrected chi connectivity index (χ1v) is 9.43. The third-order valence-electron chi connectivity index (χ3n) is 4.84. The van der Waals surface area contributed by atoms with E-state index in [0.29, 0.717) is 21.6 Å². The Balaban J connectivity index is 1.91. The van der Waals surface area contributed by atoms with Gasteiger partial charge in [0.1, 0.15) is 4.83 Å². The number of hydrogen-bond acceptors (Lipinski definition) is 5. The number of nitrogens with one attached hydrogen (secondary N) is 1. The lowest BCUT2D eigenvalue weighted by molar-refractivity contribution is 0.0319. The Morgan fingerprint density at radius 1 is 1.35 bits per heavy atom. The molecule has 0 saturated heterocycles. The maximum Gasteiger partial charge on any atom is 0.340 e. The minimum atomic E-state index is -0.646. The summed E-state index contributed by atoms with van der Waals surface area (Å²) >= 11 is 1.48. The summed E-state index contributed by atoms with van der Waals surface area (Å²) in [5, 5.41) is 0.612. The van der Waals surface area contributed by atoms with Crippen molar-refractivity contribution in [3.63, 3.8) is 0 Å². The summed E-state index contributed by atoms with van der Waals surface area (Å²) in [5.41, 5.74) is 3.19. The van der Waals surface area contributed by atoms with Crippen LogP contribution in [-0.2, 0) is 11.3 Å². The van der Waals surface area contributed by atoms with E-state index in [2.05, 4.69) is 14.5 Å². The molecule has 0 aliphatic carbocycles. The van der Waals surface area contributed by atoms with Gasteiger partial charge in [0.2, 0.25) is 0 Å². The number of aromatic nitrogens is 3. The Bertz CT molecular complexity index is 1060. The van der Waals surface area contributed by atoms with Gasteiger partial charge in [0.05, 0.1) is 10.9 Å². The molecule has 3 aromatic rings. The van der Waals surface area contributed by atoms with Gasteiger partial charge in [-0.05, 0) is 53.2 Å². The number of ether oxygens (including phenoxy) is 1. The molecule has 0 aliphatic rings. The molecule has 1 atom stereocenters. The Kier molecular flexibility index (Phi) is 4.75. The van der Waals surface area contributed by atoms with Gasteiger partial charge in [-0.25, -0.2) is 9.78 Å². The number of fused-ring (bicyclic) bond motifs is 1. The van der Waals surface area contributed by atoms with Gasteiger partial charge in [0, 0.05) is 22.8 Å². The highest BCUT2D eigenvalue weighted by Gasteiger charge is 2.22. The van der Waals surface area contributed by atoms with E-state index < -0.39 is 12.1 Å². The van der Waals surface area contributed by atoms with Crippen LogP contribution in [0.25, 0.3) is 10.2 Å². The summed E-state index contributed by atoms with van der Waals surface area (Å²) < 4.78 is 7.64. The van der Waals surface area contributed by atoms with Crippen molar-refractivity contribution in [2.75, 3.05) is 0 Å². The molecule has 0 fully saturated rings. The number of carbonyl (C=O) groups excluding carboxylic acids is 1. The molecule has 3 aromatic heterocycles. The molecule has 26 heavy (non-hydrogen) atoms. The van der Waals surface area contributed by atoms with Gasteiger partial charge >= 0.3 is 5.97 Å². The van der Waals surface area contributed by atoms with Crippen LogP contribution in [0.15, 0.2) is 10.9 Å². The SMILES string of the molecule is CCn1c(C)cc(C(=O)O[C@H](C)c2nc3sc(C)c(C)c3c(=O)[nH]2)c1C. The zero-order chi connectivity index (χ0) is 19.2. The van der Waals surface area contributed by atoms with Gasteiger partial charge < -0.3 is 14.3 Å². The topological polar surface area (TPSA) is 77.0 Å². The molecule has 0 saturated carbocycles. The smallest absolute Gasteiger partial charge is 0.340 e. The Hall–Kier alpha value is -2.41. The maximum atomic E-state index is 12.6. The van der Waals surface area contributed by atoms with Crippen molar-refractivity contribution in [2.45, 2.75) is 54.2 Å². The molecule has 1 N–H and O–H groups in total. The minimum absolute atomic E-state index is 0.195. The molecule has 138 valence electrons. The number of thiophene rings is 1. The van der Waals surface area contributed by atoms with Crippen molar-refractivity contribution >= 4 is 27.5 Å².